The molecule has 4 heteroatoms. The fraction of sp³-hybridized carbons (Fsp3) is 0.333. The Kier molecular flexibility index (Phi) is 1.77. The molecule has 0 fully saturated rings. The minimum Gasteiger partial charge on any atom is -0.390 e. The van der Waals surface area contributed by atoms with Crippen LogP contribution in [0.15, 0.2) is 12.5 Å². The molecule has 68 valence electrons. The summed E-state index contributed by atoms with van der Waals surface area (Å²) in [6, 6.07) is 0. The molecule has 0 aliphatic rings. The van der Waals surface area contributed by atoms with Crippen molar-refractivity contribution in [3.8, 4) is 0 Å². The zero-order valence-corrected chi connectivity index (χ0v) is 7.65. The Morgan fingerprint density at radius 1 is 1.46 bits per heavy atom. The highest BCUT2D eigenvalue weighted by Crippen LogP contribution is 2.13. The van der Waals surface area contributed by atoms with Crippen molar-refractivity contribution >= 4 is 5.52 Å². The molecule has 0 saturated heterocycles. The summed E-state index contributed by atoms with van der Waals surface area (Å²) in [5, 5.41) is 9.10. The van der Waals surface area contributed by atoms with Crippen LogP contribution < -0.4 is 0 Å². The van der Waals surface area contributed by atoms with Crippen molar-refractivity contribution in [3.05, 3.63) is 29.6 Å². The highest BCUT2D eigenvalue weighted by molar-refractivity contribution is 5.55. The van der Waals surface area contributed by atoms with Gasteiger partial charge in [-0.2, -0.15) is 0 Å². The molecule has 0 aliphatic heterocycles. The minimum atomic E-state index is -0.0439. The second-order valence-electron chi connectivity index (χ2n) is 3.07. The second kappa shape index (κ2) is 2.81. The molecular weight excluding hydrogens is 166 g/mol. The van der Waals surface area contributed by atoms with Crippen molar-refractivity contribution in [3.63, 3.8) is 0 Å². The minimum absolute atomic E-state index is 0.0439. The first-order chi connectivity index (χ1) is 6.22. The lowest BCUT2D eigenvalue weighted by atomic mass is 10.3. The molecule has 0 unspecified atom stereocenters. The largest absolute Gasteiger partial charge is 0.390 e. The van der Waals surface area contributed by atoms with Crippen molar-refractivity contribution in [2.24, 2.45) is 0 Å². The van der Waals surface area contributed by atoms with Gasteiger partial charge in [-0.1, -0.05) is 0 Å². The Morgan fingerprint density at radius 3 is 2.92 bits per heavy atom. The monoisotopic (exact) mass is 177 g/mol. The highest BCUT2D eigenvalue weighted by atomic mass is 16.3. The summed E-state index contributed by atoms with van der Waals surface area (Å²) in [6.07, 6.45) is 3.63. The van der Waals surface area contributed by atoms with E-state index in [1.54, 1.807) is 6.33 Å². The summed E-state index contributed by atoms with van der Waals surface area (Å²) in [4.78, 5) is 8.40. The average molecular weight is 177 g/mol. The Bertz CT molecular complexity index is 447. The van der Waals surface area contributed by atoms with Gasteiger partial charge in [0.25, 0.3) is 0 Å². The lowest BCUT2D eigenvalue weighted by molar-refractivity contribution is 0.277. The molecular formula is C9H11N3O. The fourth-order valence-electron chi connectivity index (χ4n) is 1.52. The maximum atomic E-state index is 9.10. The molecule has 0 amide bonds. The molecule has 0 atom stereocenters. The summed E-state index contributed by atoms with van der Waals surface area (Å²) in [7, 11) is 0. The van der Waals surface area contributed by atoms with Crippen LogP contribution in [0.2, 0.25) is 0 Å². The van der Waals surface area contributed by atoms with Gasteiger partial charge >= 0.3 is 0 Å². The average Bonchev–Trinajstić information content (AvgIpc) is 2.46. The molecule has 0 aliphatic carbocycles. The molecule has 0 bridgehead atoms. The van der Waals surface area contributed by atoms with Crippen molar-refractivity contribution in [1.82, 2.24) is 14.4 Å². The first-order valence-electron chi connectivity index (χ1n) is 4.13. The van der Waals surface area contributed by atoms with E-state index >= 15 is 0 Å². The quantitative estimate of drug-likeness (QED) is 0.702. The normalized spacial score (nSPS) is 11.0. The van der Waals surface area contributed by atoms with E-state index in [0.717, 1.165) is 16.9 Å². The fourth-order valence-corrected chi connectivity index (χ4v) is 1.52. The molecule has 2 aromatic rings. The Hall–Kier alpha value is -1.42. The number of nitrogens with zero attached hydrogens (tertiary/aromatic N) is 3. The number of hydrogen-bond acceptors (Lipinski definition) is 3. The van der Waals surface area contributed by atoms with Gasteiger partial charge in [0, 0.05) is 6.20 Å². The lowest BCUT2D eigenvalue weighted by Crippen LogP contribution is -1.98. The molecule has 0 aromatic carbocycles. The van der Waals surface area contributed by atoms with Crippen molar-refractivity contribution in [1.29, 1.82) is 0 Å². The van der Waals surface area contributed by atoms with Crippen molar-refractivity contribution in [2.75, 3.05) is 0 Å². The molecule has 2 rings (SSSR count). The van der Waals surface area contributed by atoms with Gasteiger partial charge < -0.3 is 9.51 Å². The number of aliphatic hydroxyl groups is 1. The van der Waals surface area contributed by atoms with E-state index in [1.165, 1.54) is 0 Å². The number of aromatic nitrogens is 3. The lowest BCUT2D eigenvalue weighted by Gasteiger charge is -2.02. The zero-order valence-electron chi connectivity index (χ0n) is 7.65. The van der Waals surface area contributed by atoms with E-state index in [2.05, 4.69) is 9.97 Å². The predicted molar refractivity (Wildman–Crippen MR) is 48.4 cm³/mol. The number of aliphatic hydroxyl groups excluding tert-OH is 1. The Balaban J connectivity index is 2.85. The van der Waals surface area contributed by atoms with Crippen LogP contribution in [0.4, 0.5) is 0 Å². The predicted octanol–water partition coefficient (Wildman–Crippen LogP) is 0.838. The zero-order chi connectivity index (χ0) is 9.42. The standard InChI is InChI=1S/C9H11N3O/c1-6-3-12-5-10-7(2)9(12)8(4-13)11-6/h3,5,13H,4H2,1-2H3. The van der Waals surface area contributed by atoms with E-state index in [-0.39, 0.29) is 6.61 Å². The smallest absolute Gasteiger partial charge is 0.0996 e. The molecule has 0 spiro atoms. The van der Waals surface area contributed by atoms with E-state index in [1.807, 2.05) is 24.4 Å². The van der Waals surface area contributed by atoms with Gasteiger partial charge in [-0.05, 0) is 13.8 Å². The summed E-state index contributed by atoms with van der Waals surface area (Å²) in [5.74, 6) is 0. The number of fused-ring (bicyclic) bond motifs is 1. The maximum Gasteiger partial charge on any atom is 0.0996 e. The molecule has 13 heavy (non-hydrogen) atoms. The molecule has 0 radical (unpaired) electrons. The van der Waals surface area contributed by atoms with Crippen LogP contribution in [0.5, 0.6) is 0 Å². The molecule has 1 N–H and O–H groups in total. The first kappa shape index (κ1) is 8.19. The number of aryl methyl sites for hydroxylation is 2. The van der Waals surface area contributed by atoms with Crippen LogP contribution in [-0.4, -0.2) is 19.5 Å². The molecule has 2 aromatic heterocycles. The second-order valence-corrected chi connectivity index (χ2v) is 3.07. The molecule has 2 heterocycles. The summed E-state index contributed by atoms with van der Waals surface area (Å²) >= 11 is 0. The van der Waals surface area contributed by atoms with Crippen LogP contribution in [0.25, 0.3) is 5.52 Å². The van der Waals surface area contributed by atoms with Crippen LogP contribution >= 0.6 is 0 Å². The number of hydrogen-bond donors (Lipinski definition) is 1. The summed E-state index contributed by atoms with van der Waals surface area (Å²) in [5.41, 5.74) is 3.38. The SMILES string of the molecule is Cc1cn2cnc(C)c2c(CO)n1. The van der Waals surface area contributed by atoms with Crippen LogP contribution in [0, 0.1) is 13.8 Å². The Labute approximate surface area is 75.9 Å². The van der Waals surface area contributed by atoms with E-state index < -0.39 is 0 Å². The van der Waals surface area contributed by atoms with Crippen LogP contribution in [-0.2, 0) is 6.61 Å². The van der Waals surface area contributed by atoms with Gasteiger partial charge in [0.2, 0.25) is 0 Å². The van der Waals surface area contributed by atoms with Crippen LogP contribution in [0.3, 0.4) is 0 Å². The van der Waals surface area contributed by atoms with E-state index in [0.29, 0.717) is 5.69 Å². The van der Waals surface area contributed by atoms with Gasteiger partial charge in [0.1, 0.15) is 0 Å². The maximum absolute atomic E-state index is 9.10. The van der Waals surface area contributed by atoms with E-state index in [9.17, 15) is 0 Å². The third kappa shape index (κ3) is 1.19. The number of imidazole rings is 1. The van der Waals surface area contributed by atoms with Gasteiger partial charge in [-0.25, -0.2) is 4.98 Å². The third-order valence-electron chi connectivity index (χ3n) is 2.04. The van der Waals surface area contributed by atoms with Crippen LogP contribution in [0.1, 0.15) is 17.1 Å². The highest BCUT2D eigenvalue weighted by Gasteiger charge is 2.06. The van der Waals surface area contributed by atoms with Gasteiger partial charge in [0.15, 0.2) is 0 Å². The summed E-state index contributed by atoms with van der Waals surface area (Å²) < 4.78 is 1.89. The topological polar surface area (TPSA) is 50.4 Å². The summed E-state index contributed by atoms with van der Waals surface area (Å²) in [6.45, 7) is 3.76. The van der Waals surface area contributed by atoms with E-state index in [4.69, 9.17) is 5.11 Å². The molecule has 4 nitrogen and oxygen atoms in total. The molecule has 0 saturated carbocycles. The van der Waals surface area contributed by atoms with Crippen molar-refractivity contribution < 1.29 is 5.11 Å². The first-order valence-corrected chi connectivity index (χ1v) is 4.13. The van der Waals surface area contributed by atoms with Gasteiger partial charge in [-0.3, -0.25) is 4.98 Å². The van der Waals surface area contributed by atoms with Gasteiger partial charge in [0.05, 0.1) is 35.5 Å². The number of rotatable bonds is 1. The van der Waals surface area contributed by atoms with Gasteiger partial charge in [-0.15, -0.1) is 0 Å². The van der Waals surface area contributed by atoms with Crippen molar-refractivity contribution in [2.45, 2.75) is 20.5 Å². The third-order valence-corrected chi connectivity index (χ3v) is 2.04. The Morgan fingerprint density at radius 2 is 2.23 bits per heavy atom.